The molecule has 2 aromatic rings. The van der Waals surface area contributed by atoms with Crippen molar-refractivity contribution in [2.24, 2.45) is 5.92 Å². The number of rotatable bonds is 5. The van der Waals surface area contributed by atoms with Crippen molar-refractivity contribution in [1.82, 2.24) is 10.6 Å². The van der Waals surface area contributed by atoms with Gasteiger partial charge < -0.3 is 4.74 Å². The average molecular weight is 342 g/mol. The average Bonchev–Trinajstić information content (AvgIpc) is 2.59. The Morgan fingerprint density at radius 3 is 2.00 bits per heavy atom. The Morgan fingerprint density at radius 1 is 0.840 bits per heavy atom. The number of benzene rings is 2. The van der Waals surface area contributed by atoms with Gasteiger partial charge in [0.15, 0.2) is 0 Å². The standard InChI is InChI=1S/C18H15FN2O4/c19-13-5-1-12(2-6-13)10-25-14-7-3-11(4-8-14)9-15-16(22)20-18(24)21-17(15)23/h1-8,15H,9-10H2,(H2,20,21,22,23,24). The highest BCUT2D eigenvalue weighted by Gasteiger charge is 2.33. The Labute approximate surface area is 143 Å². The molecule has 2 N–H and O–H groups in total. The Morgan fingerprint density at radius 2 is 1.40 bits per heavy atom. The van der Waals surface area contributed by atoms with Gasteiger partial charge in [0.2, 0.25) is 11.8 Å². The van der Waals surface area contributed by atoms with Gasteiger partial charge in [-0.15, -0.1) is 0 Å². The molecule has 1 aliphatic rings. The molecular formula is C18H15FN2O4. The van der Waals surface area contributed by atoms with Crippen molar-refractivity contribution in [2.45, 2.75) is 13.0 Å². The number of hydrogen-bond donors (Lipinski definition) is 2. The second kappa shape index (κ2) is 7.12. The Hall–Kier alpha value is -3.22. The first-order chi connectivity index (χ1) is 12.0. The van der Waals surface area contributed by atoms with Crippen molar-refractivity contribution in [2.75, 3.05) is 0 Å². The number of nitrogens with one attached hydrogen (secondary N) is 2. The third-order valence-electron chi connectivity index (χ3n) is 3.79. The Kier molecular flexibility index (Phi) is 4.74. The summed E-state index contributed by atoms with van der Waals surface area (Å²) in [5, 5.41) is 4.15. The summed E-state index contributed by atoms with van der Waals surface area (Å²) >= 11 is 0. The molecule has 128 valence electrons. The fourth-order valence-corrected chi connectivity index (χ4v) is 2.44. The van der Waals surface area contributed by atoms with Crippen molar-refractivity contribution in [1.29, 1.82) is 0 Å². The molecule has 3 rings (SSSR count). The number of carbonyl (C=O) groups excluding carboxylic acids is 3. The van der Waals surface area contributed by atoms with Gasteiger partial charge in [-0.3, -0.25) is 20.2 Å². The second-order valence-electron chi connectivity index (χ2n) is 5.62. The minimum atomic E-state index is -0.941. The smallest absolute Gasteiger partial charge is 0.328 e. The Balaban J connectivity index is 1.58. The predicted molar refractivity (Wildman–Crippen MR) is 86.0 cm³/mol. The van der Waals surface area contributed by atoms with Crippen LogP contribution in [0.5, 0.6) is 5.75 Å². The molecule has 1 heterocycles. The zero-order valence-corrected chi connectivity index (χ0v) is 13.1. The number of halogens is 1. The molecule has 2 aromatic carbocycles. The van der Waals surface area contributed by atoms with E-state index < -0.39 is 23.8 Å². The first kappa shape index (κ1) is 16.6. The number of imide groups is 2. The molecule has 0 atom stereocenters. The van der Waals surface area contributed by atoms with E-state index in [9.17, 15) is 18.8 Å². The summed E-state index contributed by atoms with van der Waals surface area (Å²) < 4.78 is 18.5. The molecule has 4 amide bonds. The maximum atomic E-state index is 12.8. The number of carbonyl (C=O) groups is 3. The zero-order valence-electron chi connectivity index (χ0n) is 13.1. The molecule has 25 heavy (non-hydrogen) atoms. The van der Waals surface area contributed by atoms with Crippen LogP contribution in [0, 0.1) is 11.7 Å². The number of hydrogen-bond acceptors (Lipinski definition) is 4. The molecule has 6 nitrogen and oxygen atoms in total. The minimum absolute atomic E-state index is 0.184. The summed E-state index contributed by atoms with van der Waals surface area (Å²) in [4.78, 5) is 34.5. The summed E-state index contributed by atoms with van der Waals surface area (Å²) in [6, 6.07) is 12.2. The molecule has 1 saturated heterocycles. The molecule has 7 heteroatoms. The van der Waals surface area contributed by atoms with Gasteiger partial charge in [-0.2, -0.15) is 0 Å². The number of amides is 4. The zero-order chi connectivity index (χ0) is 17.8. The largest absolute Gasteiger partial charge is 0.489 e. The van der Waals surface area contributed by atoms with Gasteiger partial charge in [0, 0.05) is 0 Å². The molecule has 0 radical (unpaired) electrons. The van der Waals surface area contributed by atoms with Crippen molar-refractivity contribution >= 4 is 17.8 Å². The van der Waals surface area contributed by atoms with Crippen molar-refractivity contribution in [3.63, 3.8) is 0 Å². The predicted octanol–water partition coefficient (Wildman–Crippen LogP) is 1.93. The fourth-order valence-electron chi connectivity index (χ4n) is 2.44. The van der Waals surface area contributed by atoms with Crippen LogP contribution < -0.4 is 15.4 Å². The van der Waals surface area contributed by atoms with Crippen molar-refractivity contribution in [3.05, 3.63) is 65.5 Å². The van der Waals surface area contributed by atoms with Crippen molar-refractivity contribution < 1.29 is 23.5 Å². The van der Waals surface area contributed by atoms with E-state index in [-0.39, 0.29) is 12.2 Å². The maximum absolute atomic E-state index is 12.8. The normalized spacial score (nSPS) is 14.8. The number of urea groups is 1. The van der Waals surface area contributed by atoms with Crippen LogP contribution in [0.3, 0.4) is 0 Å². The summed E-state index contributed by atoms with van der Waals surface area (Å²) in [7, 11) is 0. The molecule has 0 aromatic heterocycles. The van der Waals surface area contributed by atoms with E-state index in [1.54, 1.807) is 36.4 Å². The van der Waals surface area contributed by atoms with Crippen LogP contribution in [-0.4, -0.2) is 17.8 Å². The van der Waals surface area contributed by atoms with Gasteiger partial charge in [-0.1, -0.05) is 24.3 Å². The van der Waals surface area contributed by atoms with E-state index in [0.717, 1.165) is 11.1 Å². The summed E-state index contributed by atoms with van der Waals surface area (Å²) in [5.41, 5.74) is 1.60. The van der Waals surface area contributed by atoms with E-state index in [1.807, 2.05) is 0 Å². The second-order valence-corrected chi connectivity index (χ2v) is 5.62. The number of barbiturate groups is 1. The lowest BCUT2D eigenvalue weighted by Crippen LogP contribution is -2.56. The molecule has 0 spiro atoms. The van der Waals surface area contributed by atoms with Crippen LogP contribution in [0.1, 0.15) is 11.1 Å². The Bertz CT molecular complexity index is 783. The van der Waals surface area contributed by atoms with Crippen LogP contribution >= 0.6 is 0 Å². The molecule has 0 saturated carbocycles. The van der Waals surface area contributed by atoms with Crippen LogP contribution in [0.2, 0.25) is 0 Å². The van der Waals surface area contributed by atoms with Gasteiger partial charge in [0.1, 0.15) is 24.1 Å². The van der Waals surface area contributed by atoms with Gasteiger partial charge in [0.25, 0.3) is 0 Å². The molecular weight excluding hydrogens is 327 g/mol. The van der Waals surface area contributed by atoms with Crippen LogP contribution in [0.4, 0.5) is 9.18 Å². The number of ether oxygens (including phenoxy) is 1. The van der Waals surface area contributed by atoms with Gasteiger partial charge in [-0.25, -0.2) is 9.18 Å². The first-order valence-corrected chi connectivity index (χ1v) is 7.63. The maximum Gasteiger partial charge on any atom is 0.328 e. The van der Waals surface area contributed by atoms with Crippen LogP contribution in [-0.2, 0) is 22.6 Å². The lowest BCUT2D eigenvalue weighted by Gasteiger charge is -2.20. The summed E-state index contributed by atoms with van der Waals surface area (Å²) in [6.07, 6.45) is 0.184. The van der Waals surface area contributed by atoms with E-state index >= 15 is 0 Å². The van der Waals surface area contributed by atoms with E-state index in [4.69, 9.17) is 4.74 Å². The first-order valence-electron chi connectivity index (χ1n) is 7.63. The summed E-state index contributed by atoms with van der Waals surface area (Å²) in [6.45, 7) is 0.301. The third-order valence-corrected chi connectivity index (χ3v) is 3.79. The lowest BCUT2D eigenvalue weighted by atomic mass is 9.96. The highest BCUT2D eigenvalue weighted by molar-refractivity contribution is 6.16. The van der Waals surface area contributed by atoms with Gasteiger partial charge >= 0.3 is 6.03 Å². The molecule has 1 fully saturated rings. The molecule has 0 bridgehead atoms. The highest BCUT2D eigenvalue weighted by atomic mass is 19.1. The van der Waals surface area contributed by atoms with E-state index in [0.29, 0.717) is 12.4 Å². The van der Waals surface area contributed by atoms with Crippen LogP contribution in [0.25, 0.3) is 0 Å². The summed E-state index contributed by atoms with van der Waals surface area (Å²) in [5.74, 6) is -1.84. The van der Waals surface area contributed by atoms with E-state index in [1.165, 1.54) is 12.1 Å². The lowest BCUT2D eigenvalue weighted by molar-refractivity contribution is -0.135. The van der Waals surface area contributed by atoms with Crippen LogP contribution in [0.15, 0.2) is 48.5 Å². The molecule has 0 aliphatic carbocycles. The SMILES string of the molecule is O=C1NC(=O)C(Cc2ccc(OCc3ccc(F)cc3)cc2)C(=O)N1. The van der Waals surface area contributed by atoms with Gasteiger partial charge in [-0.05, 0) is 41.8 Å². The molecule has 1 aliphatic heterocycles. The topological polar surface area (TPSA) is 84.5 Å². The monoisotopic (exact) mass is 342 g/mol. The van der Waals surface area contributed by atoms with Crippen molar-refractivity contribution in [3.8, 4) is 5.75 Å². The van der Waals surface area contributed by atoms with E-state index in [2.05, 4.69) is 10.6 Å². The third kappa shape index (κ3) is 4.20. The molecule has 0 unspecified atom stereocenters. The minimum Gasteiger partial charge on any atom is -0.489 e. The quantitative estimate of drug-likeness (QED) is 0.813. The fraction of sp³-hybridized carbons (Fsp3) is 0.167. The van der Waals surface area contributed by atoms with Gasteiger partial charge in [0.05, 0.1) is 0 Å². The highest BCUT2D eigenvalue weighted by Crippen LogP contribution is 2.18.